The van der Waals surface area contributed by atoms with Crippen molar-refractivity contribution in [3.63, 3.8) is 0 Å². The maximum Gasteiger partial charge on any atom is 0.246 e. The Morgan fingerprint density at radius 1 is 1.47 bits per heavy atom. The Hall–Kier alpha value is -1.02. The van der Waals surface area contributed by atoms with Crippen LogP contribution in [0.4, 0.5) is 4.48 Å². The van der Waals surface area contributed by atoms with Crippen molar-refractivity contribution in [3.8, 4) is 0 Å². The molecule has 1 fully saturated rings. The molecule has 0 aromatic carbocycles. The number of guanidine groups is 1. The average Bonchev–Trinajstić information content (AvgIpc) is 2.28. The number of hydrogen-bond donors (Lipinski definition) is 1. The maximum absolute atomic E-state index is 12.3. The Morgan fingerprint density at radius 2 is 2.06 bits per heavy atom. The Bertz CT molecular complexity index is 399. The van der Waals surface area contributed by atoms with Crippen LogP contribution in [-0.4, -0.2) is 50.3 Å². The van der Waals surface area contributed by atoms with Gasteiger partial charge < -0.3 is 0 Å². The number of hydrogen-bond acceptors (Lipinski definition) is 3. The fraction of sp³-hybridized carbons (Fsp3) is 0.778. The minimum Gasteiger partial charge on any atom is -0.246 e. The summed E-state index contributed by atoms with van der Waals surface area (Å²) in [6.07, 6.45) is 3.79. The molecule has 1 aliphatic heterocycles. The molecule has 0 saturated carbocycles. The lowest BCUT2D eigenvalue weighted by Crippen LogP contribution is -2.39. The van der Waals surface area contributed by atoms with E-state index in [0.29, 0.717) is 25.9 Å². The predicted octanol–water partition coefficient (Wildman–Crippen LogP) is 0.331. The zero-order chi connectivity index (χ0) is 12.9. The van der Waals surface area contributed by atoms with Gasteiger partial charge in [0.05, 0.1) is 12.3 Å². The van der Waals surface area contributed by atoms with Gasteiger partial charge in [-0.3, -0.25) is 0 Å². The summed E-state index contributed by atoms with van der Waals surface area (Å²) in [5.41, 5.74) is 1.41. The number of sulfonamides is 1. The summed E-state index contributed by atoms with van der Waals surface area (Å²) in [6.45, 7) is 2.50. The van der Waals surface area contributed by atoms with Gasteiger partial charge in [-0.05, 0) is 19.8 Å². The van der Waals surface area contributed by atoms with Crippen LogP contribution in [-0.2, 0) is 10.0 Å². The van der Waals surface area contributed by atoms with Gasteiger partial charge in [0, 0.05) is 19.3 Å². The van der Waals surface area contributed by atoms with Gasteiger partial charge in [0.2, 0.25) is 16.0 Å². The van der Waals surface area contributed by atoms with E-state index < -0.39 is 10.0 Å². The molecule has 0 aliphatic carbocycles. The number of rotatable bonds is 2. The molecule has 8 heteroatoms. The number of piperidine rings is 1. The largest absolute Gasteiger partial charge is 0.246 e. The van der Waals surface area contributed by atoms with E-state index >= 15 is 0 Å². The highest BCUT2D eigenvalue weighted by Gasteiger charge is 2.24. The molecule has 0 radical (unpaired) electrons. The number of aliphatic imine (C=N–C) groups is 2. The van der Waals surface area contributed by atoms with Crippen molar-refractivity contribution in [2.45, 2.75) is 25.8 Å². The number of nitrogens with one attached hydrogen (secondary N) is 1. The van der Waals surface area contributed by atoms with E-state index in [2.05, 4.69) is 9.98 Å². The van der Waals surface area contributed by atoms with Crippen molar-refractivity contribution in [1.82, 2.24) is 9.84 Å². The zero-order valence-corrected chi connectivity index (χ0v) is 10.7. The molecule has 0 aromatic rings. The molecule has 0 bridgehead atoms. The summed E-state index contributed by atoms with van der Waals surface area (Å²) in [5.74, 6) is -0.0645. The molecule has 0 aromatic heterocycles. The van der Waals surface area contributed by atoms with Crippen LogP contribution in [0.15, 0.2) is 9.98 Å². The quantitative estimate of drug-likeness (QED) is 0.444. The van der Waals surface area contributed by atoms with E-state index in [-0.39, 0.29) is 12.0 Å². The Kier molecular flexibility index (Phi) is 5.01. The van der Waals surface area contributed by atoms with Crippen LogP contribution in [0.2, 0.25) is 0 Å². The first kappa shape index (κ1) is 14.0. The molecular formula is C9H17FN4O2S. The SMILES string of the molecule is CC=NC(=NC1CCN(S(C)(=O)=O)CC1)NF. The van der Waals surface area contributed by atoms with E-state index in [9.17, 15) is 12.9 Å². The average molecular weight is 264 g/mol. The minimum absolute atomic E-state index is 0.0645. The van der Waals surface area contributed by atoms with Gasteiger partial charge in [0.25, 0.3) is 0 Å². The summed E-state index contributed by atoms with van der Waals surface area (Å²) in [5, 5.41) is 0. The van der Waals surface area contributed by atoms with Gasteiger partial charge in [-0.2, -0.15) is 5.54 Å². The van der Waals surface area contributed by atoms with Gasteiger partial charge in [0.1, 0.15) is 0 Å². The Balaban J connectivity index is 2.58. The monoisotopic (exact) mass is 264 g/mol. The standard InChI is InChI=1S/C9H17FN4O2S/c1-3-11-9(13-10)12-8-4-6-14(7-5-8)17(2,15)16/h3,8H,4-7H2,1-2H3,(H,12,13). The van der Waals surface area contributed by atoms with Crippen LogP contribution >= 0.6 is 0 Å². The second-order valence-electron chi connectivity index (χ2n) is 3.83. The fourth-order valence-electron chi connectivity index (χ4n) is 1.68. The van der Waals surface area contributed by atoms with Crippen molar-refractivity contribution in [2.24, 2.45) is 9.98 Å². The second kappa shape index (κ2) is 6.06. The Labute approximate surface area is 101 Å². The maximum atomic E-state index is 12.3. The topological polar surface area (TPSA) is 74.1 Å². The van der Waals surface area contributed by atoms with E-state index in [1.807, 2.05) is 0 Å². The first-order chi connectivity index (χ1) is 7.97. The number of nitrogens with zero attached hydrogens (tertiary/aromatic N) is 3. The third-order valence-corrected chi connectivity index (χ3v) is 3.84. The molecule has 98 valence electrons. The van der Waals surface area contributed by atoms with Crippen LogP contribution in [0, 0.1) is 0 Å². The number of halogens is 1. The van der Waals surface area contributed by atoms with Crippen LogP contribution in [0.1, 0.15) is 19.8 Å². The molecule has 0 amide bonds. The molecular weight excluding hydrogens is 247 g/mol. The normalized spacial score (nSPS) is 21.0. The highest BCUT2D eigenvalue weighted by atomic mass is 32.2. The first-order valence-corrected chi connectivity index (χ1v) is 7.20. The van der Waals surface area contributed by atoms with Gasteiger partial charge in [-0.1, -0.05) is 0 Å². The lowest BCUT2D eigenvalue weighted by molar-refractivity contribution is 0.321. The molecule has 0 unspecified atom stereocenters. The minimum atomic E-state index is -3.13. The highest BCUT2D eigenvalue weighted by molar-refractivity contribution is 7.88. The summed E-state index contributed by atoms with van der Waals surface area (Å²) < 4.78 is 36.2. The summed E-state index contributed by atoms with van der Waals surface area (Å²) in [7, 11) is -3.13. The van der Waals surface area contributed by atoms with E-state index in [1.54, 1.807) is 6.92 Å². The molecule has 0 atom stereocenters. The molecule has 1 heterocycles. The van der Waals surface area contributed by atoms with Crippen LogP contribution in [0.3, 0.4) is 0 Å². The van der Waals surface area contributed by atoms with Crippen LogP contribution < -0.4 is 5.54 Å². The van der Waals surface area contributed by atoms with Gasteiger partial charge in [-0.25, -0.2) is 22.7 Å². The van der Waals surface area contributed by atoms with Crippen molar-refractivity contribution in [1.29, 1.82) is 0 Å². The van der Waals surface area contributed by atoms with E-state index in [1.165, 1.54) is 22.3 Å². The van der Waals surface area contributed by atoms with E-state index in [4.69, 9.17) is 0 Å². The predicted molar refractivity (Wildman–Crippen MR) is 65.3 cm³/mol. The molecule has 1 saturated heterocycles. The molecule has 6 nitrogen and oxygen atoms in total. The highest BCUT2D eigenvalue weighted by Crippen LogP contribution is 2.16. The van der Waals surface area contributed by atoms with Gasteiger partial charge >= 0.3 is 0 Å². The van der Waals surface area contributed by atoms with Crippen molar-refractivity contribution in [2.75, 3.05) is 19.3 Å². The van der Waals surface area contributed by atoms with E-state index in [0.717, 1.165) is 0 Å². The fourth-order valence-corrected chi connectivity index (χ4v) is 2.55. The molecule has 1 aliphatic rings. The molecule has 1 rings (SSSR count). The van der Waals surface area contributed by atoms with Crippen LogP contribution in [0.5, 0.6) is 0 Å². The summed E-state index contributed by atoms with van der Waals surface area (Å²) >= 11 is 0. The lowest BCUT2D eigenvalue weighted by atomic mass is 10.1. The molecule has 17 heavy (non-hydrogen) atoms. The zero-order valence-electron chi connectivity index (χ0n) is 9.93. The lowest BCUT2D eigenvalue weighted by Gasteiger charge is -2.28. The van der Waals surface area contributed by atoms with Crippen LogP contribution in [0.25, 0.3) is 0 Å². The van der Waals surface area contributed by atoms with Crippen molar-refractivity contribution in [3.05, 3.63) is 0 Å². The summed E-state index contributed by atoms with van der Waals surface area (Å²) in [6, 6.07) is -0.0880. The third kappa shape index (κ3) is 4.39. The van der Waals surface area contributed by atoms with Crippen molar-refractivity contribution >= 4 is 22.2 Å². The molecule has 1 N–H and O–H groups in total. The third-order valence-electron chi connectivity index (χ3n) is 2.53. The summed E-state index contributed by atoms with van der Waals surface area (Å²) in [4.78, 5) is 7.78. The van der Waals surface area contributed by atoms with Crippen molar-refractivity contribution < 1.29 is 12.9 Å². The molecule has 0 spiro atoms. The van der Waals surface area contributed by atoms with Gasteiger partial charge in [-0.15, -0.1) is 4.48 Å². The van der Waals surface area contributed by atoms with Gasteiger partial charge in [0.15, 0.2) is 0 Å². The Morgan fingerprint density at radius 3 is 2.47 bits per heavy atom. The first-order valence-electron chi connectivity index (χ1n) is 5.35. The second-order valence-corrected chi connectivity index (χ2v) is 5.81. The smallest absolute Gasteiger partial charge is 0.246 e.